The first kappa shape index (κ1) is 30.6. The second-order valence-corrected chi connectivity index (χ2v) is 9.66. The summed E-state index contributed by atoms with van der Waals surface area (Å²) in [6.45, 7) is 6.97. The van der Waals surface area contributed by atoms with Crippen LogP contribution < -0.4 is 10.1 Å². The van der Waals surface area contributed by atoms with E-state index in [1.165, 1.54) is 23.5 Å². The van der Waals surface area contributed by atoms with Crippen LogP contribution in [0.15, 0.2) is 29.2 Å². The van der Waals surface area contributed by atoms with Crippen molar-refractivity contribution in [3.8, 4) is 5.75 Å². The van der Waals surface area contributed by atoms with Crippen LogP contribution in [0.5, 0.6) is 5.75 Å². The minimum absolute atomic E-state index is 0.0779. The number of hydrogen-bond acceptors (Lipinski definition) is 7. The van der Waals surface area contributed by atoms with E-state index in [9.17, 15) is 26.4 Å². The van der Waals surface area contributed by atoms with Gasteiger partial charge in [-0.05, 0) is 44.5 Å². The number of carbonyl (C=O) groups excluding carboxylic acids is 1. The highest BCUT2D eigenvalue weighted by molar-refractivity contribution is 7.89. The summed E-state index contributed by atoms with van der Waals surface area (Å²) in [5.74, 6) is -2.36. The third-order valence-corrected chi connectivity index (χ3v) is 6.58. The number of amides is 1. The van der Waals surface area contributed by atoms with Gasteiger partial charge in [0.25, 0.3) is 0 Å². The SMILES string of the molecule is COc1ccc(S(=O)(=O)N(CCCOC(C)C)CC(=O)N2CCNCC2)cc1.O=C(O)C(F)(F)F. The molecule has 200 valence electrons. The van der Waals surface area contributed by atoms with Gasteiger partial charge < -0.3 is 24.8 Å². The summed E-state index contributed by atoms with van der Waals surface area (Å²) in [6, 6.07) is 6.21. The molecule has 1 fully saturated rings. The number of rotatable bonds is 10. The van der Waals surface area contributed by atoms with E-state index < -0.39 is 22.2 Å². The molecule has 35 heavy (non-hydrogen) atoms. The number of carboxylic acid groups (broad SMARTS) is 1. The summed E-state index contributed by atoms with van der Waals surface area (Å²) >= 11 is 0. The third-order valence-electron chi connectivity index (χ3n) is 4.72. The lowest BCUT2D eigenvalue weighted by Gasteiger charge is -2.30. The van der Waals surface area contributed by atoms with Gasteiger partial charge in [-0.25, -0.2) is 13.2 Å². The van der Waals surface area contributed by atoms with Crippen molar-refractivity contribution in [2.45, 2.75) is 37.4 Å². The lowest BCUT2D eigenvalue weighted by molar-refractivity contribution is -0.192. The Hall–Kier alpha value is -2.42. The van der Waals surface area contributed by atoms with E-state index in [0.29, 0.717) is 31.9 Å². The fourth-order valence-corrected chi connectivity index (χ4v) is 4.33. The molecule has 0 saturated carbocycles. The molecule has 14 heteroatoms. The van der Waals surface area contributed by atoms with Crippen LogP contribution in [0.2, 0.25) is 0 Å². The van der Waals surface area contributed by atoms with E-state index in [4.69, 9.17) is 19.4 Å². The van der Waals surface area contributed by atoms with Crippen molar-refractivity contribution < 1.29 is 45.8 Å². The van der Waals surface area contributed by atoms with Gasteiger partial charge in [0.2, 0.25) is 15.9 Å². The Morgan fingerprint density at radius 1 is 1.17 bits per heavy atom. The molecule has 1 aromatic rings. The standard InChI is InChI=1S/C19H31N3O5S.C2HF3O2/c1-16(2)27-14-4-11-22(15-19(23)21-12-9-20-10-13-21)28(24,25)18-7-5-17(26-3)6-8-18;3-2(4,5)1(6)7/h5-8,16,20H,4,9-15H2,1-3H3;(H,6,7). The first-order valence-electron chi connectivity index (χ1n) is 10.8. The largest absolute Gasteiger partial charge is 0.497 e. The molecule has 2 rings (SSSR count). The number of methoxy groups -OCH3 is 1. The molecule has 0 aliphatic carbocycles. The molecule has 1 amide bonds. The molecule has 0 bridgehead atoms. The second-order valence-electron chi connectivity index (χ2n) is 7.72. The maximum atomic E-state index is 13.1. The Bertz CT molecular complexity index is 904. The first-order valence-corrected chi connectivity index (χ1v) is 12.3. The molecule has 1 saturated heterocycles. The van der Waals surface area contributed by atoms with E-state index in [0.717, 1.165) is 13.1 Å². The van der Waals surface area contributed by atoms with Crippen molar-refractivity contribution in [1.82, 2.24) is 14.5 Å². The van der Waals surface area contributed by atoms with Crippen molar-refractivity contribution in [1.29, 1.82) is 0 Å². The molecule has 0 aromatic heterocycles. The molecule has 0 atom stereocenters. The molecule has 0 unspecified atom stereocenters. The molecule has 1 aliphatic rings. The topological polar surface area (TPSA) is 125 Å². The quantitative estimate of drug-likeness (QED) is 0.440. The number of carboxylic acids is 1. The predicted molar refractivity (Wildman–Crippen MR) is 121 cm³/mol. The number of halogens is 3. The van der Waals surface area contributed by atoms with E-state index in [1.807, 2.05) is 13.8 Å². The maximum Gasteiger partial charge on any atom is 0.490 e. The number of sulfonamides is 1. The molecule has 10 nitrogen and oxygen atoms in total. The summed E-state index contributed by atoms with van der Waals surface area (Å²) < 4.78 is 69.9. The Morgan fingerprint density at radius 3 is 2.17 bits per heavy atom. The molecule has 0 radical (unpaired) electrons. The van der Waals surface area contributed by atoms with Crippen LogP contribution in [0.3, 0.4) is 0 Å². The van der Waals surface area contributed by atoms with Gasteiger partial charge in [-0.2, -0.15) is 17.5 Å². The number of alkyl halides is 3. The van der Waals surface area contributed by atoms with Crippen molar-refractivity contribution >= 4 is 21.9 Å². The number of nitrogens with one attached hydrogen (secondary N) is 1. The highest BCUT2D eigenvalue weighted by atomic mass is 32.2. The minimum atomic E-state index is -5.08. The van der Waals surface area contributed by atoms with Crippen molar-refractivity contribution in [3.63, 3.8) is 0 Å². The smallest absolute Gasteiger partial charge is 0.490 e. The number of carbonyl (C=O) groups is 2. The van der Waals surface area contributed by atoms with E-state index in [-0.39, 0.29) is 30.0 Å². The Morgan fingerprint density at radius 2 is 1.71 bits per heavy atom. The summed E-state index contributed by atoms with van der Waals surface area (Å²) in [4.78, 5) is 23.4. The van der Waals surface area contributed by atoms with Crippen LogP contribution in [-0.4, -0.2) is 99.9 Å². The van der Waals surface area contributed by atoms with Crippen molar-refractivity contribution in [3.05, 3.63) is 24.3 Å². The van der Waals surface area contributed by atoms with Gasteiger partial charge in [-0.3, -0.25) is 4.79 Å². The normalized spacial score (nSPS) is 14.5. The zero-order chi connectivity index (χ0) is 26.6. The van der Waals surface area contributed by atoms with Crippen molar-refractivity contribution in [2.75, 3.05) is 53.0 Å². The van der Waals surface area contributed by atoms with Crippen LogP contribution in [0.4, 0.5) is 13.2 Å². The average molecular weight is 528 g/mol. The Kier molecular flexibility index (Phi) is 12.4. The molecular weight excluding hydrogens is 495 g/mol. The van der Waals surface area contributed by atoms with Crippen LogP contribution in [0.25, 0.3) is 0 Å². The number of ether oxygens (including phenoxy) is 2. The minimum Gasteiger partial charge on any atom is -0.497 e. The molecule has 1 aliphatic heterocycles. The first-order chi connectivity index (χ1) is 16.3. The molecule has 2 N–H and O–H groups in total. The molecular formula is C21H32F3N3O7S. The molecule has 0 spiro atoms. The lowest BCUT2D eigenvalue weighted by Crippen LogP contribution is -2.50. The molecule has 1 heterocycles. The zero-order valence-electron chi connectivity index (χ0n) is 19.9. The lowest BCUT2D eigenvalue weighted by atomic mass is 10.3. The number of benzene rings is 1. The Labute approximate surface area is 203 Å². The highest BCUT2D eigenvalue weighted by Crippen LogP contribution is 2.20. The van der Waals surface area contributed by atoms with Gasteiger partial charge in [-0.15, -0.1) is 0 Å². The fourth-order valence-electron chi connectivity index (χ4n) is 2.91. The van der Waals surface area contributed by atoms with Gasteiger partial charge >= 0.3 is 12.1 Å². The third kappa shape index (κ3) is 10.8. The highest BCUT2D eigenvalue weighted by Gasteiger charge is 2.38. The van der Waals surface area contributed by atoms with Crippen LogP contribution in [-0.2, 0) is 24.3 Å². The number of nitrogens with zero attached hydrogens (tertiary/aromatic N) is 2. The van der Waals surface area contributed by atoms with Crippen LogP contribution in [0, 0.1) is 0 Å². The monoisotopic (exact) mass is 527 g/mol. The zero-order valence-corrected chi connectivity index (χ0v) is 20.7. The van der Waals surface area contributed by atoms with Gasteiger partial charge in [0.05, 0.1) is 24.7 Å². The Balaban J connectivity index is 0.000000762. The summed E-state index contributed by atoms with van der Waals surface area (Å²) in [5.41, 5.74) is 0. The number of aliphatic carboxylic acids is 1. The summed E-state index contributed by atoms with van der Waals surface area (Å²) in [7, 11) is -2.28. The number of piperazine rings is 1. The van der Waals surface area contributed by atoms with Gasteiger partial charge in [0.15, 0.2) is 0 Å². The molecule has 1 aromatic carbocycles. The fraction of sp³-hybridized carbons (Fsp3) is 0.619. The summed E-state index contributed by atoms with van der Waals surface area (Å²) in [6.07, 6.45) is -4.49. The van der Waals surface area contributed by atoms with Gasteiger partial charge in [0, 0.05) is 39.3 Å². The second kappa shape index (κ2) is 14.2. The predicted octanol–water partition coefficient (Wildman–Crippen LogP) is 1.57. The maximum absolute atomic E-state index is 13.1. The summed E-state index contributed by atoms with van der Waals surface area (Å²) in [5, 5.41) is 10.3. The number of hydrogen-bond donors (Lipinski definition) is 2. The van der Waals surface area contributed by atoms with Gasteiger partial charge in [0.1, 0.15) is 5.75 Å². The average Bonchev–Trinajstić information content (AvgIpc) is 2.81. The van der Waals surface area contributed by atoms with E-state index >= 15 is 0 Å². The van der Waals surface area contributed by atoms with E-state index in [2.05, 4.69) is 5.32 Å². The van der Waals surface area contributed by atoms with Gasteiger partial charge in [-0.1, -0.05) is 0 Å². The van der Waals surface area contributed by atoms with Crippen LogP contribution in [0.1, 0.15) is 20.3 Å². The van der Waals surface area contributed by atoms with E-state index in [1.54, 1.807) is 17.0 Å². The van der Waals surface area contributed by atoms with Crippen molar-refractivity contribution in [2.24, 2.45) is 0 Å². The van der Waals surface area contributed by atoms with Crippen LogP contribution >= 0.6 is 0 Å².